The number of phenols is 1. The third kappa shape index (κ3) is 4.24. The number of aliphatic carboxylic acids is 1. The van der Waals surface area contributed by atoms with E-state index in [-0.39, 0.29) is 5.75 Å². The Morgan fingerprint density at radius 2 is 1.89 bits per heavy atom. The molecule has 1 aromatic rings. The van der Waals surface area contributed by atoms with Crippen molar-refractivity contribution >= 4 is 5.97 Å². The van der Waals surface area contributed by atoms with E-state index in [9.17, 15) is 9.90 Å². The Kier molecular flexibility index (Phi) is 5.36. The summed E-state index contributed by atoms with van der Waals surface area (Å²) in [4.78, 5) is 12.9. The minimum absolute atomic E-state index is 0.282. The zero-order valence-electron chi connectivity index (χ0n) is 12.1. The van der Waals surface area contributed by atoms with Crippen molar-refractivity contribution in [2.24, 2.45) is 5.92 Å². The number of phenolic OH excluding ortho intramolecular Hbond substituents is 1. The summed E-state index contributed by atoms with van der Waals surface area (Å²) in [6, 6.07) is 3.73. The number of aromatic hydroxyl groups is 1. The van der Waals surface area contributed by atoms with E-state index in [1.54, 1.807) is 13.0 Å². The summed E-state index contributed by atoms with van der Waals surface area (Å²) in [7, 11) is 0. The van der Waals surface area contributed by atoms with Crippen LogP contribution >= 0.6 is 0 Å². The third-order valence-electron chi connectivity index (χ3n) is 3.49. The highest BCUT2D eigenvalue weighted by molar-refractivity contribution is 5.69. The molecule has 0 radical (unpaired) electrons. The molecular formula is C15H23NO3. The molecule has 0 aliphatic rings. The standard InChI is InChI=1S/C15H23NO3/c1-5-16(8-12(4)15(18)19)9-13-6-10(2)11(3)7-14(13)17/h6-7,12,17H,5,8-9H2,1-4H3,(H,18,19). The summed E-state index contributed by atoms with van der Waals surface area (Å²) in [5, 5.41) is 18.9. The zero-order chi connectivity index (χ0) is 14.6. The second-order valence-electron chi connectivity index (χ2n) is 5.13. The van der Waals surface area contributed by atoms with Crippen LogP contribution < -0.4 is 0 Å². The van der Waals surface area contributed by atoms with Crippen molar-refractivity contribution < 1.29 is 15.0 Å². The molecule has 0 amide bonds. The fraction of sp³-hybridized carbons (Fsp3) is 0.533. The maximum absolute atomic E-state index is 10.9. The number of benzene rings is 1. The fourth-order valence-electron chi connectivity index (χ4n) is 2.00. The number of aryl methyl sites for hydroxylation is 2. The SMILES string of the molecule is CCN(Cc1cc(C)c(C)cc1O)CC(C)C(=O)O. The first-order chi connectivity index (χ1) is 8.85. The van der Waals surface area contributed by atoms with Gasteiger partial charge in [-0.1, -0.05) is 19.9 Å². The van der Waals surface area contributed by atoms with Crippen LogP contribution in [0.2, 0.25) is 0 Å². The molecule has 1 aromatic carbocycles. The summed E-state index contributed by atoms with van der Waals surface area (Å²) in [6.07, 6.45) is 0. The van der Waals surface area contributed by atoms with Crippen LogP contribution in [0.5, 0.6) is 5.75 Å². The van der Waals surface area contributed by atoms with E-state index in [1.165, 1.54) is 0 Å². The normalized spacial score (nSPS) is 12.7. The summed E-state index contributed by atoms with van der Waals surface area (Å²) in [5.41, 5.74) is 3.04. The van der Waals surface area contributed by atoms with Gasteiger partial charge in [0.05, 0.1) is 5.92 Å². The molecule has 0 aliphatic carbocycles. The van der Waals surface area contributed by atoms with Crippen molar-refractivity contribution in [2.45, 2.75) is 34.2 Å². The zero-order valence-corrected chi connectivity index (χ0v) is 12.1. The first kappa shape index (κ1) is 15.5. The quantitative estimate of drug-likeness (QED) is 0.830. The van der Waals surface area contributed by atoms with E-state index in [0.717, 1.165) is 23.2 Å². The van der Waals surface area contributed by atoms with Gasteiger partial charge in [-0.05, 0) is 37.6 Å². The highest BCUT2D eigenvalue weighted by Gasteiger charge is 2.16. The molecule has 0 spiro atoms. The molecule has 0 saturated carbocycles. The Hall–Kier alpha value is -1.55. The lowest BCUT2D eigenvalue weighted by atomic mass is 10.0. The second kappa shape index (κ2) is 6.57. The lowest BCUT2D eigenvalue weighted by Gasteiger charge is -2.23. The monoisotopic (exact) mass is 265 g/mol. The predicted octanol–water partition coefficient (Wildman–Crippen LogP) is 2.55. The topological polar surface area (TPSA) is 60.8 Å². The smallest absolute Gasteiger partial charge is 0.307 e. The largest absolute Gasteiger partial charge is 0.508 e. The minimum Gasteiger partial charge on any atom is -0.508 e. The van der Waals surface area contributed by atoms with Crippen LogP contribution in [-0.2, 0) is 11.3 Å². The van der Waals surface area contributed by atoms with Gasteiger partial charge in [-0.25, -0.2) is 0 Å². The molecule has 1 atom stereocenters. The first-order valence-corrected chi connectivity index (χ1v) is 6.59. The Labute approximate surface area is 114 Å². The second-order valence-corrected chi connectivity index (χ2v) is 5.13. The molecule has 106 valence electrons. The molecule has 4 heteroatoms. The van der Waals surface area contributed by atoms with Gasteiger partial charge in [0.25, 0.3) is 0 Å². The van der Waals surface area contributed by atoms with Crippen LogP contribution in [0.3, 0.4) is 0 Å². The van der Waals surface area contributed by atoms with Crippen molar-refractivity contribution in [1.29, 1.82) is 0 Å². The Balaban J connectivity index is 2.81. The van der Waals surface area contributed by atoms with E-state index >= 15 is 0 Å². The van der Waals surface area contributed by atoms with E-state index in [2.05, 4.69) is 0 Å². The van der Waals surface area contributed by atoms with E-state index < -0.39 is 11.9 Å². The van der Waals surface area contributed by atoms with Crippen molar-refractivity contribution in [3.05, 3.63) is 28.8 Å². The van der Waals surface area contributed by atoms with Crippen molar-refractivity contribution in [3.63, 3.8) is 0 Å². The van der Waals surface area contributed by atoms with Gasteiger partial charge in [0.2, 0.25) is 0 Å². The van der Waals surface area contributed by atoms with Crippen LogP contribution in [0, 0.1) is 19.8 Å². The molecule has 0 fully saturated rings. The third-order valence-corrected chi connectivity index (χ3v) is 3.49. The number of carboxylic acids is 1. The summed E-state index contributed by atoms with van der Waals surface area (Å²) in [6.45, 7) is 9.47. The number of carboxylic acid groups (broad SMARTS) is 1. The highest BCUT2D eigenvalue weighted by atomic mass is 16.4. The maximum atomic E-state index is 10.9. The van der Waals surface area contributed by atoms with Crippen molar-refractivity contribution in [2.75, 3.05) is 13.1 Å². The van der Waals surface area contributed by atoms with Crippen LogP contribution in [0.15, 0.2) is 12.1 Å². The molecule has 1 rings (SSSR count). The highest BCUT2D eigenvalue weighted by Crippen LogP contribution is 2.23. The average molecular weight is 265 g/mol. The van der Waals surface area contributed by atoms with Crippen molar-refractivity contribution in [3.8, 4) is 5.75 Å². The summed E-state index contributed by atoms with van der Waals surface area (Å²) < 4.78 is 0. The van der Waals surface area contributed by atoms with Gasteiger partial charge in [-0.2, -0.15) is 0 Å². The van der Waals surface area contributed by atoms with Gasteiger partial charge in [0.15, 0.2) is 0 Å². The van der Waals surface area contributed by atoms with Crippen molar-refractivity contribution in [1.82, 2.24) is 4.90 Å². The molecule has 0 heterocycles. The van der Waals surface area contributed by atoms with Gasteiger partial charge in [0, 0.05) is 18.7 Å². The lowest BCUT2D eigenvalue weighted by molar-refractivity contribution is -0.141. The molecule has 4 nitrogen and oxygen atoms in total. The Morgan fingerprint density at radius 1 is 1.32 bits per heavy atom. The molecular weight excluding hydrogens is 242 g/mol. The van der Waals surface area contributed by atoms with Crippen LogP contribution in [0.4, 0.5) is 0 Å². The maximum Gasteiger partial charge on any atom is 0.307 e. The van der Waals surface area contributed by atoms with Crippen LogP contribution in [0.25, 0.3) is 0 Å². The molecule has 19 heavy (non-hydrogen) atoms. The molecule has 0 aromatic heterocycles. The van der Waals surface area contributed by atoms with E-state index in [1.807, 2.05) is 31.7 Å². The molecule has 0 saturated heterocycles. The van der Waals surface area contributed by atoms with E-state index in [0.29, 0.717) is 13.1 Å². The summed E-state index contributed by atoms with van der Waals surface area (Å²) >= 11 is 0. The van der Waals surface area contributed by atoms with Crippen LogP contribution in [-0.4, -0.2) is 34.2 Å². The van der Waals surface area contributed by atoms with Gasteiger partial charge in [-0.3, -0.25) is 9.69 Å². The van der Waals surface area contributed by atoms with Gasteiger partial charge < -0.3 is 10.2 Å². The predicted molar refractivity (Wildman–Crippen MR) is 75.3 cm³/mol. The number of rotatable bonds is 6. The number of hydrogen-bond acceptors (Lipinski definition) is 3. The molecule has 1 unspecified atom stereocenters. The van der Waals surface area contributed by atoms with Gasteiger partial charge >= 0.3 is 5.97 Å². The number of hydrogen-bond donors (Lipinski definition) is 2. The number of carbonyl (C=O) groups is 1. The first-order valence-electron chi connectivity index (χ1n) is 6.59. The molecule has 0 bridgehead atoms. The summed E-state index contributed by atoms with van der Waals surface area (Å²) in [5.74, 6) is -0.916. The van der Waals surface area contributed by atoms with E-state index in [4.69, 9.17) is 5.11 Å². The Morgan fingerprint density at radius 3 is 2.42 bits per heavy atom. The van der Waals surface area contributed by atoms with Crippen LogP contribution in [0.1, 0.15) is 30.5 Å². The van der Waals surface area contributed by atoms with Gasteiger partial charge in [-0.15, -0.1) is 0 Å². The molecule has 0 aliphatic heterocycles. The minimum atomic E-state index is -0.789. The fourth-order valence-corrected chi connectivity index (χ4v) is 2.00. The lowest BCUT2D eigenvalue weighted by Crippen LogP contribution is -2.31. The Bertz CT molecular complexity index is 457. The van der Waals surface area contributed by atoms with Gasteiger partial charge in [0.1, 0.15) is 5.75 Å². The number of nitrogens with zero attached hydrogens (tertiary/aromatic N) is 1. The average Bonchev–Trinajstić information content (AvgIpc) is 2.34. The molecule has 2 N–H and O–H groups in total.